The van der Waals surface area contributed by atoms with Crippen LogP contribution in [0, 0.1) is 5.92 Å². The Morgan fingerprint density at radius 2 is 1.93 bits per heavy atom. The van der Waals surface area contributed by atoms with Gasteiger partial charge in [-0.2, -0.15) is 0 Å². The van der Waals surface area contributed by atoms with Crippen molar-refractivity contribution < 1.29 is 34.1 Å². The minimum Gasteiger partial charge on any atom is -0.480 e. The second-order valence-corrected chi connectivity index (χ2v) is 8.89. The molecule has 0 unspecified atom stereocenters. The summed E-state index contributed by atoms with van der Waals surface area (Å²) in [7, 11) is 0. The second-order valence-electron chi connectivity index (χ2n) is 8.89. The van der Waals surface area contributed by atoms with Crippen LogP contribution in [0.1, 0.15) is 66.7 Å². The van der Waals surface area contributed by atoms with Crippen LogP contribution in [0.4, 0.5) is 0 Å². The molecule has 1 saturated heterocycles. The average molecular weight is 428 g/mol. The molecule has 0 aromatic carbocycles. The second kappa shape index (κ2) is 11.5. The van der Waals surface area contributed by atoms with Gasteiger partial charge in [-0.3, -0.25) is 9.59 Å². The van der Waals surface area contributed by atoms with E-state index in [1.54, 1.807) is 26.8 Å². The number of ether oxygens (including phenoxy) is 2. The van der Waals surface area contributed by atoms with Gasteiger partial charge in [0.1, 0.15) is 11.6 Å². The van der Waals surface area contributed by atoms with Crippen molar-refractivity contribution in [1.82, 2.24) is 4.90 Å². The summed E-state index contributed by atoms with van der Waals surface area (Å²) in [4.78, 5) is 38.6. The maximum absolute atomic E-state index is 13.4. The largest absolute Gasteiger partial charge is 0.480 e. The van der Waals surface area contributed by atoms with Gasteiger partial charge in [-0.05, 0) is 47.0 Å². The fraction of sp³-hybridized carbons (Fsp3) is 0.773. The van der Waals surface area contributed by atoms with E-state index in [1.807, 2.05) is 13.8 Å². The third-order valence-corrected chi connectivity index (χ3v) is 5.01. The number of hydrogen-bond acceptors (Lipinski definition) is 6. The highest BCUT2D eigenvalue weighted by molar-refractivity contribution is 5.88. The molecule has 1 rings (SSSR count). The first kappa shape index (κ1) is 26.1. The first-order valence-corrected chi connectivity index (χ1v) is 10.6. The van der Waals surface area contributed by atoms with Gasteiger partial charge < -0.3 is 24.6 Å². The highest BCUT2D eigenvalue weighted by Crippen LogP contribution is 2.28. The number of allylic oxidation sites excluding steroid dienone is 1. The van der Waals surface area contributed by atoms with Crippen molar-refractivity contribution in [3.8, 4) is 0 Å². The molecule has 0 bridgehead atoms. The molecular formula is C22H37NO7. The first-order chi connectivity index (χ1) is 13.9. The number of hydrogen-bond donors (Lipinski definition) is 2. The molecule has 172 valence electrons. The van der Waals surface area contributed by atoms with Crippen LogP contribution in [0.25, 0.3) is 0 Å². The number of carboxylic acids is 1. The number of aliphatic hydroxyl groups is 1. The Morgan fingerprint density at radius 3 is 2.43 bits per heavy atom. The van der Waals surface area contributed by atoms with Crippen molar-refractivity contribution in [3.05, 3.63) is 12.7 Å². The number of rotatable bonds is 11. The van der Waals surface area contributed by atoms with E-state index in [0.717, 1.165) is 11.3 Å². The Kier molecular flexibility index (Phi) is 9.97. The zero-order chi connectivity index (χ0) is 23.1. The molecule has 0 aromatic rings. The number of amides is 1. The van der Waals surface area contributed by atoms with Crippen molar-refractivity contribution in [3.63, 3.8) is 0 Å². The van der Waals surface area contributed by atoms with Crippen LogP contribution in [0.15, 0.2) is 12.7 Å². The monoisotopic (exact) mass is 427 g/mol. The van der Waals surface area contributed by atoms with Gasteiger partial charge in [-0.25, -0.2) is 4.79 Å². The van der Waals surface area contributed by atoms with Crippen LogP contribution in [0.2, 0.25) is 0 Å². The molecule has 1 heterocycles. The third-order valence-electron chi connectivity index (χ3n) is 5.01. The van der Waals surface area contributed by atoms with Gasteiger partial charge in [0.15, 0.2) is 0 Å². The van der Waals surface area contributed by atoms with Crippen LogP contribution in [-0.4, -0.2) is 69.5 Å². The summed E-state index contributed by atoms with van der Waals surface area (Å²) in [5, 5.41) is 19.4. The Labute approximate surface area is 179 Å². The van der Waals surface area contributed by atoms with Crippen LogP contribution in [0.5, 0.6) is 0 Å². The van der Waals surface area contributed by atoms with E-state index < -0.39 is 47.6 Å². The standard InChI is InChI=1S/C22H37NO7/c1-7-9-10-14(3)29-18(8-2)16(12-19(25)30-22(4,5)6)20(26)23-13-15(24)11-17(23)21(27)28/h7,14-18,24H,1,8-13H2,2-6H3,(H,27,28)/t14-,15-,16+,17+,18+/m1/s1. The topological polar surface area (TPSA) is 113 Å². The molecule has 8 heteroatoms. The van der Waals surface area contributed by atoms with Crippen LogP contribution < -0.4 is 0 Å². The van der Waals surface area contributed by atoms with Gasteiger partial charge in [-0.15, -0.1) is 6.58 Å². The van der Waals surface area contributed by atoms with Gasteiger partial charge >= 0.3 is 11.9 Å². The molecule has 0 aliphatic carbocycles. The Morgan fingerprint density at radius 1 is 1.30 bits per heavy atom. The molecule has 1 aliphatic rings. The quantitative estimate of drug-likeness (QED) is 0.385. The summed E-state index contributed by atoms with van der Waals surface area (Å²) < 4.78 is 11.5. The van der Waals surface area contributed by atoms with Crippen LogP contribution in [0.3, 0.4) is 0 Å². The zero-order valence-corrected chi connectivity index (χ0v) is 18.8. The number of aliphatic hydroxyl groups excluding tert-OH is 1. The molecule has 8 nitrogen and oxygen atoms in total. The number of carbonyl (C=O) groups is 3. The molecule has 1 aliphatic heterocycles. The molecule has 0 aromatic heterocycles. The summed E-state index contributed by atoms with van der Waals surface area (Å²) in [6.07, 6.45) is 1.80. The third kappa shape index (κ3) is 8.07. The Hall–Kier alpha value is -1.93. The predicted molar refractivity (Wildman–Crippen MR) is 112 cm³/mol. The molecule has 0 radical (unpaired) electrons. The van der Waals surface area contributed by atoms with Gasteiger partial charge in [-0.1, -0.05) is 13.0 Å². The summed E-state index contributed by atoms with van der Waals surface area (Å²) in [5.41, 5.74) is -0.710. The number of aliphatic carboxylic acids is 1. The minimum absolute atomic E-state index is 0.0341. The highest BCUT2D eigenvalue weighted by Gasteiger charge is 2.44. The van der Waals surface area contributed by atoms with E-state index in [4.69, 9.17) is 9.47 Å². The predicted octanol–water partition coefficient (Wildman–Crippen LogP) is 2.53. The van der Waals surface area contributed by atoms with E-state index in [2.05, 4.69) is 6.58 Å². The van der Waals surface area contributed by atoms with Gasteiger partial charge in [0.05, 0.1) is 30.7 Å². The Bertz CT molecular complexity index is 613. The van der Waals surface area contributed by atoms with E-state index >= 15 is 0 Å². The first-order valence-electron chi connectivity index (χ1n) is 10.6. The SMILES string of the molecule is C=CCC[C@@H](C)O[C@@H](CC)[C@H](CC(=O)OC(C)(C)C)C(=O)N1C[C@H](O)C[C@H]1C(=O)O. The number of esters is 1. The molecule has 2 N–H and O–H groups in total. The molecule has 5 atom stereocenters. The molecule has 1 amide bonds. The van der Waals surface area contributed by atoms with E-state index in [0.29, 0.717) is 12.8 Å². The van der Waals surface area contributed by atoms with Crippen LogP contribution in [-0.2, 0) is 23.9 Å². The van der Waals surface area contributed by atoms with E-state index in [1.165, 1.54) is 0 Å². The van der Waals surface area contributed by atoms with Gasteiger partial charge in [0.25, 0.3) is 0 Å². The molecule has 0 spiro atoms. The molecule has 30 heavy (non-hydrogen) atoms. The fourth-order valence-electron chi connectivity index (χ4n) is 3.64. The normalized spacial score (nSPS) is 22.3. The molecular weight excluding hydrogens is 390 g/mol. The average Bonchev–Trinajstić information content (AvgIpc) is 3.02. The number of likely N-dealkylation sites (tertiary alicyclic amines) is 1. The molecule has 0 saturated carbocycles. The van der Waals surface area contributed by atoms with Crippen molar-refractivity contribution in [2.24, 2.45) is 5.92 Å². The summed E-state index contributed by atoms with van der Waals surface area (Å²) >= 11 is 0. The summed E-state index contributed by atoms with van der Waals surface area (Å²) in [6.45, 7) is 12.6. The minimum atomic E-state index is -1.18. The van der Waals surface area contributed by atoms with E-state index in [9.17, 15) is 24.6 Å². The summed E-state index contributed by atoms with van der Waals surface area (Å²) in [5.74, 6) is -3.13. The van der Waals surface area contributed by atoms with Crippen LogP contribution >= 0.6 is 0 Å². The number of carboxylic acid groups (broad SMARTS) is 1. The Balaban J connectivity index is 3.11. The molecule has 1 fully saturated rings. The smallest absolute Gasteiger partial charge is 0.326 e. The van der Waals surface area contributed by atoms with Crippen molar-refractivity contribution in [2.45, 2.75) is 96.7 Å². The lowest BCUT2D eigenvalue weighted by molar-refractivity contribution is -0.164. The highest BCUT2D eigenvalue weighted by atomic mass is 16.6. The number of β-amino-alcohol motifs (C(OH)–C–C–N with tert-alkyl or cyclic N) is 1. The van der Waals surface area contributed by atoms with Gasteiger partial charge in [0, 0.05) is 13.0 Å². The van der Waals surface area contributed by atoms with E-state index in [-0.39, 0.29) is 25.5 Å². The zero-order valence-electron chi connectivity index (χ0n) is 18.8. The number of carbonyl (C=O) groups excluding carboxylic acids is 2. The lowest BCUT2D eigenvalue weighted by atomic mass is 9.93. The van der Waals surface area contributed by atoms with Crippen molar-refractivity contribution in [1.29, 1.82) is 0 Å². The van der Waals surface area contributed by atoms with Gasteiger partial charge in [0.2, 0.25) is 5.91 Å². The lowest BCUT2D eigenvalue weighted by Gasteiger charge is -2.33. The maximum Gasteiger partial charge on any atom is 0.326 e. The lowest BCUT2D eigenvalue weighted by Crippen LogP contribution is -2.48. The van der Waals surface area contributed by atoms with Crippen molar-refractivity contribution >= 4 is 17.8 Å². The fourth-order valence-corrected chi connectivity index (χ4v) is 3.64. The van der Waals surface area contributed by atoms with Crippen molar-refractivity contribution in [2.75, 3.05) is 6.54 Å². The number of nitrogens with zero attached hydrogens (tertiary/aromatic N) is 1. The maximum atomic E-state index is 13.4. The summed E-state index contributed by atoms with van der Waals surface area (Å²) in [6, 6.07) is -1.12.